The van der Waals surface area contributed by atoms with Gasteiger partial charge in [-0.2, -0.15) is 5.26 Å². The maximum absolute atomic E-state index is 13.1. The molecule has 1 amide bonds. The molecule has 7 heteroatoms. The van der Waals surface area contributed by atoms with Gasteiger partial charge >= 0.3 is 0 Å². The largest absolute Gasteiger partial charge is 0.340 e. The van der Waals surface area contributed by atoms with Crippen LogP contribution in [0, 0.1) is 11.3 Å². The molecule has 172 valence electrons. The molecule has 0 radical (unpaired) electrons. The zero-order chi connectivity index (χ0) is 23.7. The molecule has 0 unspecified atom stereocenters. The van der Waals surface area contributed by atoms with Gasteiger partial charge < -0.3 is 10.2 Å². The molecule has 34 heavy (non-hydrogen) atoms. The van der Waals surface area contributed by atoms with E-state index < -0.39 is 0 Å². The summed E-state index contributed by atoms with van der Waals surface area (Å²) in [5, 5.41) is 12.7. The van der Waals surface area contributed by atoms with Crippen LogP contribution in [0.5, 0.6) is 0 Å². The van der Waals surface area contributed by atoms with Crippen molar-refractivity contribution in [1.29, 1.82) is 5.26 Å². The summed E-state index contributed by atoms with van der Waals surface area (Å²) < 4.78 is 0. The van der Waals surface area contributed by atoms with E-state index >= 15 is 0 Å². The number of aromatic nitrogens is 3. The molecular weight excluding hydrogens is 424 g/mol. The number of carbonyl (C=O) groups is 1. The van der Waals surface area contributed by atoms with E-state index in [9.17, 15) is 10.1 Å². The second-order valence-corrected chi connectivity index (χ2v) is 9.37. The number of rotatable bonds is 5. The van der Waals surface area contributed by atoms with Gasteiger partial charge in [0.05, 0.1) is 6.54 Å². The van der Waals surface area contributed by atoms with Crippen molar-refractivity contribution >= 4 is 17.4 Å². The SMILES string of the molecule is CC(C)N1Cc2c(Nc3ccc(C4CCCCC4)cc3)nc(-c3ccnc(C#N)c3)nc2C1=O. The fourth-order valence-corrected chi connectivity index (χ4v) is 4.88. The molecule has 1 N–H and O–H groups in total. The van der Waals surface area contributed by atoms with Crippen LogP contribution in [0.25, 0.3) is 11.4 Å². The van der Waals surface area contributed by atoms with Gasteiger partial charge in [-0.1, -0.05) is 31.4 Å². The van der Waals surface area contributed by atoms with Gasteiger partial charge in [-0.05, 0) is 62.4 Å². The van der Waals surface area contributed by atoms with Gasteiger partial charge in [0.1, 0.15) is 23.3 Å². The van der Waals surface area contributed by atoms with Crippen molar-refractivity contribution in [3.63, 3.8) is 0 Å². The van der Waals surface area contributed by atoms with Crippen LogP contribution < -0.4 is 5.32 Å². The van der Waals surface area contributed by atoms with Crippen LogP contribution in [-0.2, 0) is 6.54 Å². The number of nitrogens with one attached hydrogen (secondary N) is 1. The molecule has 1 aromatic carbocycles. The number of nitrogens with zero attached hydrogens (tertiary/aromatic N) is 5. The third-order valence-electron chi connectivity index (χ3n) is 6.81. The van der Waals surface area contributed by atoms with Crippen LogP contribution in [0.2, 0.25) is 0 Å². The van der Waals surface area contributed by atoms with Crippen LogP contribution in [-0.4, -0.2) is 31.8 Å². The summed E-state index contributed by atoms with van der Waals surface area (Å²) in [6.45, 7) is 4.46. The molecule has 1 fully saturated rings. The second-order valence-electron chi connectivity index (χ2n) is 9.37. The summed E-state index contributed by atoms with van der Waals surface area (Å²) in [6.07, 6.45) is 8.05. The van der Waals surface area contributed by atoms with E-state index in [0.29, 0.717) is 35.4 Å². The normalized spacial score (nSPS) is 15.9. The molecule has 1 aliphatic heterocycles. The van der Waals surface area contributed by atoms with Gasteiger partial charge in [-0.3, -0.25) is 4.79 Å². The Morgan fingerprint density at radius 1 is 1.09 bits per heavy atom. The van der Waals surface area contributed by atoms with Gasteiger partial charge in [-0.15, -0.1) is 0 Å². The average Bonchev–Trinajstić information content (AvgIpc) is 3.22. The summed E-state index contributed by atoms with van der Waals surface area (Å²) in [5.74, 6) is 1.57. The predicted molar refractivity (Wildman–Crippen MR) is 131 cm³/mol. The highest BCUT2D eigenvalue weighted by Gasteiger charge is 2.34. The maximum Gasteiger partial charge on any atom is 0.273 e. The maximum atomic E-state index is 13.1. The van der Waals surface area contributed by atoms with E-state index in [1.807, 2.05) is 19.9 Å². The first-order valence-corrected chi connectivity index (χ1v) is 12.0. The number of hydrogen-bond donors (Lipinski definition) is 1. The number of nitriles is 1. The number of anilines is 2. The molecule has 0 spiro atoms. The van der Waals surface area contributed by atoms with Crippen LogP contribution in [0.15, 0.2) is 42.6 Å². The van der Waals surface area contributed by atoms with Crippen molar-refractivity contribution in [2.24, 2.45) is 0 Å². The Bertz CT molecular complexity index is 1260. The third kappa shape index (κ3) is 4.24. The Balaban J connectivity index is 1.51. The van der Waals surface area contributed by atoms with Crippen molar-refractivity contribution < 1.29 is 4.79 Å². The second kappa shape index (κ2) is 9.22. The first kappa shape index (κ1) is 22.0. The molecule has 1 aliphatic carbocycles. The van der Waals surface area contributed by atoms with Crippen LogP contribution in [0.3, 0.4) is 0 Å². The zero-order valence-electron chi connectivity index (χ0n) is 19.6. The van der Waals surface area contributed by atoms with E-state index in [4.69, 9.17) is 4.98 Å². The summed E-state index contributed by atoms with van der Waals surface area (Å²) in [4.78, 5) is 28.3. The Morgan fingerprint density at radius 2 is 1.85 bits per heavy atom. The molecule has 0 bridgehead atoms. The summed E-state index contributed by atoms with van der Waals surface area (Å²) in [7, 11) is 0. The van der Waals surface area contributed by atoms with Crippen molar-refractivity contribution in [3.8, 4) is 17.5 Å². The van der Waals surface area contributed by atoms with E-state index in [1.54, 1.807) is 23.2 Å². The fourth-order valence-electron chi connectivity index (χ4n) is 4.88. The van der Waals surface area contributed by atoms with Crippen molar-refractivity contribution in [3.05, 3.63) is 65.1 Å². The molecule has 3 heterocycles. The molecular formula is C27H28N6O. The number of amides is 1. The number of hydrogen-bond acceptors (Lipinski definition) is 6. The fraction of sp³-hybridized carbons (Fsp3) is 0.370. The molecule has 7 nitrogen and oxygen atoms in total. The van der Waals surface area contributed by atoms with Crippen molar-refractivity contribution in [2.45, 2.75) is 64.5 Å². The quantitative estimate of drug-likeness (QED) is 0.544. The molecule has 2 aromatic heterocycles. The van der Waals surface area contributed by atoms with Gasteiger partial charge in [-0.25, -0.2) is 15.0 Å². The van der Waals surface area contributed by atoms with Gasteiger partial charge in [0, 0.05) is 29.1 Å². The van der Waals surface area contributed by atoms with Crippen LogP contribution in [0.4, 0.5) is 11.5 Å². The summed E-state index contributed by atoms with van der Waals surface area (Å²) in [5.41, 5.74) is 4.46. The van der Waals surface area contributed by atoms with E-state index in [1.165, 1.54) is 37.7 Å². The first-order valence-electron chi connectivity index (χ1n) is 12.0. The number of pyridine rings is 1. The third-order valence-corrected chi connectivity index (χ3v) is 6.81. The minimum Gasteiger partial charge on any atom is -0.340 e. The summed E-state index contributed by atoms with van der Waals surface area (Å²) >= 11 is 0. The average molecular weight is 453 g/mol. The van der Waals surface area contributed by atoms with E-state index in [-0.39, 0.29) is 17.6 Å². The standard InChI is InChI=1S/C27H28N6O/c1-17(2)33-16-23-24(27(33)34)31-25(20-12-13-29-22(14-20)15-28)32-26(23)30-21-10-8-19(9-11-21)18-6-4-3-5-7-18/h8-14,17-18H,3-7,16H2,1-2H3,(H,30,31,32). The minimum atomic E-state index is -0.0982. The highest BCUT2D eigenvalue weighted by molar-refractivity contribution is 5.98. The molecule has 2 aliphatic rings. The Kier molecular flexibility index (Phi) is 5.97. The number of benzene rings is 1. The van der Waals surface area contributed by atoms with E-state index in [2.05, 4.69) is 39.6 Å². The lowest BCUT2D eigenvalue weighted by atomic mass is 9.84. The molecule has 3 aromatic rings. The van der Waals surface area contributed by atoms with Gasteiger partial charge in [0.25, 0.3) is 5.91 Å². The van der Waals surface area contributed by atoms with Crippen LogP contribution in [0.1, 0.15) is 79.2 Å². The van der Waals surface area contributed by atoms with E-state index in [0.717, 1.165) is 11.3 Å². The molecule has 0 saturated heterocycles. The van der Waals surface area contributed by atoms with Crippen molar-refractivity contribution in [2.75, 3.05) is 5.32 Å². The lowest BCUT2D eigenvalue weighted by Crippen LogP contribution is -2.31. The topological polar surface area (TPSA) is 94.8 Å². The highest BCUT2D eigenvalue weighted by atomic mass is 16.2. The smallest absolute Gasteiger partial charge is 0.273 e. The highest BCUT2D eigenvalue weighted by Crippen LogP contribution is 2.35. The Hall–Kier alpha value is -3.79. The monoisotopic (exact) mass is 452 g/mol. The lowest BCUT2D eigenvalue weighted by Gasteiger charge is -2.22. The Morgan fingerprint density at radius 3 is 2.56 bits per heavy atom. The van der Waals surface area contributed by atoms with Gasteiger partial charge in [0.15, 0.2) is 5.82 Å². The summed E-state index contributed by atoms with van der Waals surface area (Å²) in [6, 6.07) is 14.1. The van der Waals surface area contributed by atoms with Crippen LogP contribution >= 0.6 is 0 Å². The van der Waals surface area contributed by atoms with Gasteiger partial charge in [0.2, 0.25) is 0 Å². The lowest BCUT2D eigenvalue weighted by molar-refractivity contribution is 0.0726. The van der Waals surface area contributed by atoms with Crippen molar-refractivity contribution in [1.82, 2.24) is 19.9 Å². The molecule has 5 rings (SSSR count). The zero-order valence-corrected chi connectivity index (χ0v) is 19.6. The first-order chi connectivity index (χ1) is 16.5. The number of fused-ring (bicyclic) bond motifs is 1. The Labute approximate surface area is 199 Å². The number of carbonyl (C=O) groups excluding carboxylic acids is 1. The minimum absolute atomic E-state index is 0.0545. The molecule has 1 saturated carbocycles. The predicted octanol–water partition coefficient (Wildman–Crippen LogP) is 5.57. The molecule has 0 atom stereocenters.